The molecule has 1 atom stereocenters. The number of likely N-dealkylation sites (N-methyl/N-ethyl adjacent to an activating group) is 1. The summed E-state index contributed by atoms with van der Waals surface area (Å²) in [6, 6.07) is 1.43. The first-order chi connectivity index (χ1) is 8.25. The van der Waals surface area contributed by atoms with E-state index in [1.807, 2.05) is 0 Å². The predicted molar refractivity (Wildman–Crippen MR) is 71.3 cm³/mol. The van der Waals surface area contributed by atoms with Gasteiger partial charge >= 0.3 is 0 Å². The van der Waals surface area contributed by atoms with Gasteiger partial charge < -0.3 is 10.1 Å². The fraction of sp³-hybridized carbons (Fsp3) is 1.00. The molecule has 0 bridgehead atoms. The summed E-state index contributed by atoms with van der Waals surface area (Å²) in [6.45, 7) is 6.54. The molecule has 2 fully saturated rings. The third-order valence-corrected chi connectivity index (χ3v) is 4.44. The van der Waals surface area contributed by atoms with Crippen molar-refractivity contribution in [1.29, 1.82) is 0 Å². The molecule has 0 radical (unpaired) electrons. The molecule has 100 valence electrons. The number of nitrogens with one attached hydrogen (secondary N) is 1. The summed E-state index contributed by atoms with van der Waals surface area (Å²) in [6.07, 6.45) is 6.76. The molecule has 1 heterocycles. The van der Waals surface area contributed by atoms with E-state index in [4.69, 9.17) is 4.74 Å². The van der Waals surface area contributed by atoms with Gasteiger partial charge in [-0.15, -0.1) is 0 Å². The molecule has 1 unspecified atom stereocenters. The molecule has 0 aromatic heterocycles. The van der Waals surface area contributed by atoms with E-state index in [0.717, 1.165) is 38.3 Å². The molecule has 0 spiro atoms. The van der Waals surface area contributed by atoms with Crippen LogP contribution >= 0.6 is 0 Å². The minimum atomic E-state index is 0.656. The van der Waals surface area contributed by atoms with Gasteiger partial charge in [0.15, 0.2) is 0 Å². The van der Waals surface area contributed by atoms with Crippen LogP contribution in [0.2, 0.25) is 0 Å². The summed E-state index contributed by atoms with van der Waals surface area (Å²) < 4.78 is 5.42. The topological polar surface area (TPSA) is 24.5 Å². The monoisotopic (exact) mass is 240 g/mol. The zero-order valence-electron chi connectivity index (χ0n) is 11.5. The highest BCUT2D eigenvalue weighted by Crippen LogP contribution is 2.23. The smallest absolute Gasteiger partial charge is 0.0622 e. The van der Waals surface area contributed by atoms with E-state index in [9.17, 15) is 0 Å². The van der Waals surface area contributed by atoms with E-state index in [-0.39, 0.29) is 0 Å². The molecule has 1 saturated heterocycles. The molecule has 2 aliphatic rings. The maximum absolute atomic E-state index is 5.42. The first-order valence-electron chi connectivity index (χ1n) is 7.27. The van der Waals surface area contributed by atoms with E-state index in [1.165, 1.54) is 32.1 Å². The lowest BCUT2D eigenvalue weighted by Gasteiger charge is -2.29. The number of rotatable bonds is 5. The minimum Gasteiger partial charge on any atom is -0.380 e. The van der Waals surface area contributed by atoms with Crippen molar-refractivity contribution in [3.8, 4) is 0 Å². The molecule has 0 amide bonds. The highest BCUT2D eigenvalue weighted by Gasteiger charge is 2.21. The summed E-state index contributed by atoms with van der Waals surface area (Å²) in [5, 5.41) is 3.71. The predicted octanol–water partition coefficient (Wildman–Crippen LogP) is 1.88. The van der Waals surface area contributed by atoms with Crippen molar-refractivity contribution in [3.05, 3.63) is 0 Å². The van der Waals surface area contributed by atoms with E-state index < -0.39 is 0 Å². The van der Waals surface area contributed by atoms with E-state index >= 15 is 0 Å². The second-order valence-electron chi connectivity index (χ2n) is 5.91. The van der Waals surface area contributed by atoms with Crippen molar-refractivity contribution in [2.45, 2.75) is 51.1 Å². The maximum atomic E-state index is 5.42. The van der Waals surface area contributed by atoms with Crippen LogP contribution in [-0.4, -0.2) is 50.3 Å². The Morgan fingerprint density at radius 3 is 2.59 bits per heavy atom. The van der Waals surface area contributed by atoms with E-state index in [0.29, 0.717) is 6.04 Å². The summed E-state index contributed by atoms with van der Waals surface area (Å²) in [5.74, 6) is 0.950. The molecule has 0 aromatic carbocycles. The van der Waals surface area contributed by atoms with Crippen molar-refractivity contribution < 1.29 is 4.74 Å². The second kappa shape index (κ2) is 6.72. The Balaban J connectivity index is 1.56. The van der Waals surface area contributed by atoms with Gasteiger partial charge in [-0.1, -0.05) is 6.92 Å². The van der Waals surface area contributed by atoms with Crippen LogP contribution in [0.25, 0.3) is 0 Å². The van der Waals surface area contributed by atoms with E-state index in [1.54, 1.807) is 0 Å². The quantitative estimate of drug-likeness (QED) is 0.794. The van der Waals surface area contributed by atoms with Crippen LogP contribution in [0, 0.1) is 5.92 Å². The van der Waals surface area contributed by atoms with Gasteiger partial charge in [0.05, 0.1) is 6.61 Å². The van der Waals surface area contributed by atoms with Crippen LogP contribution in [0.3, 0.4) is 0 Å². The Morgan fingerprint density at radius 1 is 1.18 bits per heavy atom. The van der Waals surface area contributed by atoms with Gasteiger partial charge in [-0.25, -0.2) is 0 Å². The van der Waals surface area contributed by atoms with Crippen LogP contribution in [0.4, 0.5) is 0 Å². The number of hydrogen-bond donors (Lipinski definition) is 1. The maximum Gasteiger partial charge on any atom is 0.0622 e. The summed E-state index contributed by atoms with van der Waals surface area (Å²) >= 11 is 0. The van der Waals surface area contributed by atoms with Crippen molar-refractivity contribution in [2.24, 2.45) is 5.92 Å². The van der Waals surface area contributed by atoms with Gasteiger partial charge in [-0.3, -0.25) is 4.90 Å². The van der Waals surface area contributed by atoms with Gasteiger partial charge in [0, 0.05) is 31.8 Å². The molecule has 3 heteroatoms. The lowest BCUT2D eigenvalue weighted by Crippen LogP contribution is -2.41. The summed E-state index contributed by atoms with van der Waals surface area (Å²) in [7, 11) is 2.23. The van der Waals surface area contributed by atoms with Crippen LogP contribution in [-0.2, 0) is 4.74 Å². The molecule has 1 aliphatic carbocycles. The molecular formula is C14H28N2O. The third kappa shape index (κ3) is 4.23. The number of ether oxygens (including phenoxy) is 1. The minimum absolute atomic E-state index is 0.656. The molecule has 1 N–H and O–H groups in total. The van der Waals surface area contributed by atoms with Gasteiger partial charge in [0.1, 0.15) is 0 Å². The Kier molecular flexibility index (Phi) is 5.26. The average Bonchev–Trinajstić information content (AvgIpc) is 2.85. The zero-order chi connectivity index (χ0) is 12.1. The molecule has 1 saturated carbocycles. The Labute approximate surface area is 106 Å². The van der Waals surface area contributed by atoms with Crippen LogP contribution in [0.1, 0.15) is 39.0 Å². The highest BCUT2D eigenvalue weighted by atomic mass is 16.5. The fourth-order valence-electron chi connectivity index (χ4n) is 2.96. The lowest BCUT2D eigenvalue weighted by atomic mass is 9.87. The molecular weight excluding hydrogens is 212 g/mol. The first kappa shape index (κ1) is 13.3. The van der Waals surface area contributed by atoms with Crippen molar-refractivity contribution >= 4 is 0 Å². The summed E-state index contributed by atoms with van der Waals surface area (Å²) in [4.78, 5) is 2.45. The average molecular weight is 240 g/mol. The first-order valence-corrected chi connectivity index (χ1v) is 7.27. The molecule has 1 aliphatic heterocycles. The Bertz CT molecular complexity index is 208. The van der Waals surface area contributed by atoms with Crippen LogP contribution in [0.5, 0.6) is 0 Å². The van der Waals surface area contributed by atoms with Gasteiger partial charge in [0.25, 0.3) is 0 Å². The zero-order valence-corrected chi connectivity index (χ0v) is 11.5. The standard InChI is InChI=1S/C14H28N2O/c1-12-3-5-13(6-4-12)15-8-9-16(2)14-7-10-17-11-14/h12-15H,3-11H2,1-2H3. The molecule has 0 aromatic rings. The normalized spacial score (nSPS) is 34.4. The number of nitrogens with zero attached hydrogens (tertiary/aromatic N) is 1. The van der Waals surface area contributed by atoms with Crippen LogP contribution in [0.15, 0.2) is 0 Å². The van der Waals surface area contributed by atoms with Gasteiger partial charge in [-0.2, -0.15) is 0 Å². The van der Waals surface area contributed by atoms with Crippen molar-refractivity contribution in [2.75, 3.05) is 33.4 Å². The fourth-order valence-corrected chi connectivity index (χ4v) is 2.96. The van der Waals surface area contributed by atoms with Crippen molar-refractivity contribution in [1.82, 2.24) is 10.2 Å². The summed E-state index contributed by atoms with van der Waals surface area (Å²) in [5.41, 5.74) is 0. The lowest BCUT2D eigenvalue weighted by molar-refractivity contribution is 0.158. The Hall–Kier alpha value is -0.120. The number of hydrogen-bond acceptors (Lipinski definition) is 3. The SMILES string of the molecule is CC1CCC(NCCN(C)C2CCOC2)CC1. The largest absolute Gasteiger partial charge is 0.380 e. The molecule has 2 rings (SSSR count). The highest BCUT2D eigenvalue weighted by molar-refractivity contribution is 4.77. The molecule has 17 heavy (non-hydrogen) atoms. The van der Waals surface area contributed by atoms with Crippen molar-refractivity contribution in [3.63, 3.8) is 0 Å². The van der Waals surface area contributed by atoms with Crippen LogP contribution < -0.4 is 5.32 Å². The van der Waals surface area contributed by atoms with Gasteiger partial charge in [-0.05, 0) is 45.1 Å². The third-order valence-electron chi connectivity index (χ3n) is 4.44. The Morgan fingerprint density at radius 2 is 1.94 bits per heavy atom. The second-order valence-corrected chi connectivity index (χ2v) is 5.91. The van der Waals surface area contributed by atoms with Gasteiger partial charge in [0.2, 0.25) is 0 Å². The molecule has 3 nitrogen and oxygen atoms in total. The van der Waals surface area contributed by atoms with E-state index in [2.05, 4.69) is 24.2 Å².